The number of halogens is 1. The van der Waals surface area contributed by atoms with E-state index in [-0.39, 0.29) is 22.2 Å². The highest BCUT2D eigenvalue weighted by molar-refractivity contribution is 6.34. The smallest absolute Gasteiger partial charge is 0.270 e. The molecule has 3 aromatic rings. The molecule has 0 fully saturated rings. The van der Waals surface area contributed by atoms with Crippen molar-refractivity contribution in [1.82, 2.24) is 9.80 Å². The zero-order chi connectivity index (χ0) is 24.8. The topological polar surface area (TPSA) is 95.8 Å². The van der Waals surface area contributed by atoms with Gasteiger partial charge in [0.1, 0.15) is 0 Å². The predicted octanol–water partition coefficient (Wildman–Crippen LogP) is 4.83. The van der Waals surface area contributed by atoms with Crippen molar-refractivity contribution in [2.75, 3.05) is 26.5 Å². The Bertz CT molecular complexity index is 1210. The van der Waals surface area contributed by atoms with Crippen LogP contribution in [0.3, 0.4) is 0 Å². The molecule has 0 saturated heterocycles. The Hall–Kier alpha value is -3.75. The second-order valence-corrected chi connectivity index (χ2v) is 8.54. The molecule has 8 nitrogen and oxygen atoms in total. The highest BCUT2D eigenvalue weighted by Crippen LogP contribution is 2.25. The van der Waals surface area contributed by atoms with Crippen LogP contribution in [0.5, 0.6) is 0 Å². The minimum atomic E-state index is -0.590. The summed E-state index contributed by atoms with van der Waals surface area (Å²) in [5.74, 6) is -0.831. The lowest BCUT2D eigenvalue weighted by Gasteiger charge is -2.20. The third-order valence-corrected chi connectivity index (χ3v) is 5.41. The Labute approximate surface area is 202 Å². The van der Waals surface area contributed by atoms with Crippen LogP contribution in [0.1, 0.15) is 31.8 Å². The second-order valence-electron chi connectivity index (χ2n) is 8.14. The molecule has 9 heteroatoms. The maximum Gasteiger partial charge on any atom is 0.270 e. The fraction of sp³-hybridized carbons (Fsp3) is 0.200. The van der Waals surface area contributed by atoms with Gasteiger partial charge in [-0.15, -0.1) is 0 Å². The number of hydrogen-bond donors (Lipinski definition) is 1. The van der Waals surface area contributed by atoms with Crippen molar-refractivity contribution in [2.24, 2.45) is 0 Å². The molecule has 0 atom stereocenters. The molecule has 0 spiro atoms. The van der Waals surface area contributed by atoms with Crippen molar-refractivity contribution in [3.8, 4) is 0 Å². The SMILES string of the molecule is CN(C)Cc1ccc(CN(C)C(=O)c2ccccc2NC(=O)c2ccc([N+](=O)[O-])cc2Cl)cc1. The maximum absolute atomic E-state index is 13.2. The molecule has 0 radical (unpaired) electrons. The third-order valence-electron chi connectivity index (χ3n) is 5.10. The Morgan fingerprint density at radius 3 is 2.12 bits per heavy atom. The van der Waals surface area contributed by atoms with Gasteiger partial charge >= 0.3 is 0 Å². The standard InChI is InChI=1S/C25H25ClN4O4/c1-28(2)15-17-8-10-18(11-9-17)16-29(3)25(32)21-6-4-5-7-23(21)27-24(31)20-13-12-19(30(33)34)14-22(20)26/h4-14H,15-16H2,1-3H3,(H,27,31). The lowest BCUT2D eigenvalue weighted by molar-refractivity contribution is -0.384. The van der Waals surface area contributed by atoms with Crippen molar-refractivity contribution in [3.63, 3.8) is 0 Å². The molecule has 3 aromatic carbocycles. The molecule has 0 bridgehead atoms. The Morgan fingerprint density at radius 2 is 1.53 bits per heavy atom. The van der Waals surface area contributed by atoms with Gasteiger partial charge in [0.2, 0.25) is 0 Å². The number of anilines is 1. The summed E-state index contributed by atoms with van der Waals surface area (Å²) in [6.45, 7) is 1.23. The minimum Gasteiger partial charge on any atom is -0.337 e. The summed E-state index contributed by atoms with van der Waals surface area (Å²) in [6.07, 6.45) is 0. The molecular formula is C25H25ClN4O4. The van der Waals surface area contributed by atoms with Gasteiger partial charge < -0.3 is 15.1 Å². The number of carbonyl (C=O) groups is 2. The number of benzene rings is 3. The summed E-state index contributed by atoms with van der Waals surface area (Å²) in [6, 6.07) is 18.3. The van der Waals surface area contributed by atoms with Crippen LogP contribution in [0.2, 0.25) is 5.02 Å². The van der Waals surface area contributed by atoms with E-state index in [0.717, 1.165) is 18.2 Å². The van der Waals surface area contributed by atoms with E-state index >= 15 is 0 Å². The van der Waals surface area contributed by atoms with Crippen LogP contribution >= 0.6 is 11.6 Å². The number of rotatable bonds is 8. The van der Waals surface area contributed by atoms with Gasteiger partial charge in [0, 0.05) is 32.3 Å². The second kappa shape index (κ2) is 10.9. The Balaban J connectivity index is 1.74. The Kier molecular flexibility index (Phi) is 7.99. The third kappa shape index (κ3) is 6.18. The van der Waals surface area contributed by atoms with E-state index in [1.807, 2.05) is 38.4 Å². The van der Waals surface area contributed by atoms with E-state index in [1.54, 1.807) is 36.2 Å². The number of carbonyl (C=O) groups excluding carboxylic acids is 2. The van der Waals surface area contributed by atoms with Crippen molar-refractivity contribution in [2.45, 2.75) is 13.1 Å². The molecule has 34 heavy (non-hydrogen) atoms. The number of non-ortho nitro benzene ring substituents is 1. The minimum absolute atomic E-state index is 0.0506. The van der Waals surface area contributed by atoms with Gasteiger partial charge in [-0.2, -0.15) is 0 Å². The number of hydrogen-bond acceptors (Lipinski definition) is 5. The first-order valence-corrected chi connectivity index (χ1v) is 10.9. The number of para-hydroxylation sites is 1. The number of amides is 2. The van der Waals surface area contributed by atoms with Gasteiger partial charge in [-0.1, -0.05) is 48.0 Å². The molecule has 1 N–H and O–H groups in total. The summed E-state index contributed by atoms with van der Waals surface area (Å²) in [7, 11) is 5.71. The molecule has 0 heterocycles. The van der Waals surface area contributed by atoms with Crippen LogP contribution in [0.4, 0.5) is 11.4 Å². The van der Waals surface area contributed by atoms with E-state index in [2.05, 4.69) is 10.2 Å². The quantitative estimate of drug-likeness (QED) is 0.368. The average Bonchev–Trinajstić information content (AvgIpc) is 2.79. The summed E-state index contributed by atoms with van der Waals surface area (Å²) in [5.41, 5.74) is 2.66. The number of nitrogens with one attached hydrogen (secondary N) is 1. The zero-order valence-electron chi connectivity index (χ0n) is 19.1. The normalized spacial score (nSPS) is 10.7. The van der Waals surface area contributed by atoms with Gasteiger partial charge in [0.05, 0.1) is 26.8 Å². The highest BCUT2D eigenvalue weighted by atomic mass is 35.5. The van der Waals surface area contributed by atoms with Gasteiger partial charge in [-0.3, -0.25) is 19.7 Å². The van der Waals surface area contributed by atoms with Crippen molar-refractivity contribution >= 4 is 34.8 Å². The number of nitro benzene ring substituents is 1. The maximum atomic E-state index is 13.2. The highest BCUT2D eigenvalue weighted by Gasteiger charge is 2.20. The molecule has 0 aromatic heterocycles. The van der Waals surface area contributed by atoms with Gasteiger partial charge in [-0.05, 0) is 43.4 Å². The molecule has 3 rings (SSSR count). The number of nitro groups is 1. The van der Waals surface area contributed by atoms with Crippen LogP contribution in [-0.2, 0) is 13.1 Å². The van der Waals surface area contributed by atoms with Crippen molar-refractivity contribution < 1.29 is 14.5 Å². The summed E-state index contributed by atoms with van der Waals surface area (Å²) in [4.78, 5) is 39.9. The van der Waals surface area contributed by atoms with E-state index < -0.39 is 10.8 Å². The molecule has 0 aliphatic carbocycles. The lowest BCUT2D eigenvalue weighted by atomic mass is 10.1. The molecule has 176 valence electrons. The number of nitrogens with zero attached hydrogens (tertiary/aromatic N) is 3. The fourth-order valence-electron chi connectivity index (χ4n) is 3.44. The van der Waals surface area contributed by atoms with E-state index in [1.165, 1.54) is 17.7 Å². The lowest BCUT2D eigenvalue weighted by Crippen LogP contribution is -2.27. The molecular weight excluding hydrogens is 456 g/mol. The predicted molar refractivity (Wildman–Crippen MR) is 132 cm³/mol. The first kappa shape index (κ1) is 24.9. The molecule has 0 saturated carbocycles. The first-order chi connectivity index (χ1) is 16.2. The van der Waals surface area contributed by atoms with Crippen LogP contribution in [0, 0.1) is 10.1 Å². The van der Waals surface area contributed by atoms with Crippen LogP contribution in [-0.4, -0.2) is 47.7 Å². The summed E-state index contributed by atoms with van der Waals surface area (Å²) >= 11 is 6.07. The molecule has 2 amide bonds. The van der Waals surface area contributed by atoms with Gasteiger partial charge in [0.15, 0.2) is 0 Å². The van der Waals surface area contributed by atoms with E-state index in [4.69, 9.17) is 11.6 Å². The average molecular weight is 481 g/mol. The van der Waals surface area contributed by atoms with E-state index in [0.29, 0.717) is 17.8 Å². The summed E-state index contributed by atoms with van der Waals surface area (Å²) < 4.78 is 0. The van der Waals surface area contributed by atoms with Crippen LogP contribution < -0.4 is 5.32 Å². The molecule has 0 unspecified atom stereocenters. The molecule has 0 aliphatic rings. The van der Waals surface area contributed by atoms with Gasteiger partial charge in [0.25, 0.3) is 17.5 Å². The van der Waals surface area contributed by atoms with Crippen LogP contribution in [0.15, 0.2) is 66.7 Å². The van der Waals surface area contributed by atoms with Gasteiger partial charge in [-0.25, -0.2) is 0 Å². The first-order valence-electron chi connectivity index (χ1n) is 10.5. The van der Waals surface area contributed by atoms with Crippen molar-refractivity contribution in [1.29, 1.82) is 0 Å². The van der Waals surface area contributed by atoms with Crippen molar-refractivity contribution in [3.05, 3.63) is 104 Å². The van der Waals surface area contributed by atoms with Crippen LogP contribution in [0.25, 0.3) is 0 Å². The fourth-order valence-corrected chi connectivity index (χ4v) is 3.70. The summed E-state index contributed by atoms with van der Waals surface area (Å²) in [5, 5.41) is 13.5. The monoisotopic (exact) mass is 480 g/mol. The largest absolute Gasteiger partial charge is 0.337 e. The molecule has 0 aliphatic heterocycles. The Morgan fingerprint density at radius 1 is 0.912 bits per heavy atom. The zero-order valence-corrected chi connectivity index (χ0v) is 19.9. The van der Waals surface area contributed by atoms with E-state index in [9.17, 15) is 19.7 Å².